The molecule has 0 aliphatic carbocycles. The second kappa shape index (κ2) is 4.84. The first-order chi connectivity index (χ1) is 7.45. The zero-order valence-electron chi connectivity index (χ0n) is 8.25. The van der Waals surface area contributed by atoms with E-state index in [1.807, 2.05) is 0 Å². The summed E-state index contributed by atoms with van der Waals surface area (Å²) in [5.41, 5.74) is 0. The smallest absolute Gasteiger partial charge is 0.314 e. The second-order valence-electron chi connectivity index (χ2n) is 3.56. The number of aliphatic hydroxyl groups excluding tert-OH is 1. The monoisotopic (exact) mass is 229 g/mol. The van der Waals surface area contributed by atoms with E-state index in [1.165, 1.54) is 0 Å². The topological polar surface area (TPSA) is 121 Å². The number of carbonyl (C=O) groups excluding carboxylic acids is 3. The maximum atomic E-state index is 11.4. The number of aliphatic carboxylic acids is 1. The van der Waals surface area contributed by atoms with Crippen LogP contribution in [0.4, 0.5) is 0 Å². The summed E-state index contributed by atoms with van der Waals surface area (Å²) in [7, 11) is 0. The molecule has 0 spiro atoms. The van der Waals surface area contributed by atoms with Gasteiger partial charge in [0.25, 0.3) is 0 Å². The standard InChI is InChI=1S/C9H11NO6/c11-3-4-1-5(9(15)16)8(14)6(12)2-7(13)10-4/h3-6,12H,1-2H2,(H,10,13)(H,15,16)/t4-,5?,6?/m0/s1. The summed E-state index contributed by atoms with van der Waals surface area (Å²) >= 11 is 0. The Morgan fingerprint density at radius 3 is 2.56 bits per heavy atom. The molecule has 1 aliphatic rings. The van der Waals surface area contributed by atoms with Crippen LogP contribution in [-0.4, -0.2) is 46.3 Å². The molecule has 0 aromatic rings. The van der Waals surface area contributed by atoms with Crippen LogP contribution in [0.1, 0.15) is 12.8 Å². The number of ketones is 1. The van der Waals surface area contributed by atoms with E-state index in [4.69, 9.17) is 5.11 Å². The van der Waals surface area contributed by atoms with E-state index >= 15 is 0 Å². The minimum atomic E-state index is -1.63. The number of Topliss-reactive ketones (excluding diaryl/α,β-unsaturated/α-hetero) is 1. The molecule has 0 bridgehead atoms. The van der Waals surface area contributed by atoms with Crippen molar-refractivity contribution in [3.05, 3.63) is 0 Å². The van der Waals surface area contributed by atoms with Crippen LogP contribution in [-0.2, 0) is 19.2 Å². The maximum absolute atomic E-state index is 11.4. The molecule has 1 saturated heterocycles. The van der Waals surface area contributed by atoms with Gasteiger partial charge in [-0.05, 0) is 6.42 Å². The van der Waals surface area contributed by atoms with Gasteiger partial charge in [0.15, 0.2) is 5.78 Å². The molecular formula is C9H11NO6. The van der Waals surface area contributed by atoms with Crippen molar-refractivity contribution in [1.82, 2.24) is 5.32 Å². The van der Waals surface area contributed by atoms with Crippen molar-refractivity contribution < 1.29 is 29.4 Å². The molecule has 1 rings (SSSR count). The van der Waals surface area contributed by atoms with Crippen molar-refractivity contribution in [3.63, 3.8) is 0 Å². The second-order valence-corrected chi connectivity index (χ2v) is 3.56. The largest absolute Gasteiger partial charge is 0.481 e. The summed E-state index contributed by atoms with van der Waals surface area (Å²) in [6, 6.07) is -1.01. The van der Waals surface area contributed by atoms with Gasteiger partial charge in [-0.2, -0.15) is 0 Å². The van der Waals surface area contributed by atoms with Crippen LogP contribution in [0, 0.1) is 5.92 Å². The van der Waals surface area contributed by atoms with Crippen LogP contribution in [0.5, 0.6) is 0 Å². The predicted octanol–water partition coefficient (Wildman–Crippen LogP) is -1.91. The summed E-state index contributed by atoms with van der Waals surface area (Å²) in [4.78, 5) is 43.8. The molecule has 88 valence electrons. The number of rotatable bonds is 2. The molecule has 1 heterocycles. The summed E-state index contributed by atoms with van der Waals surface area (Å²) in [5, 5.41) is 20.3. The quantitative estimate of drug-likeness (QED) is 0.375. The number of amides is 1. The first kappa shape index (κ1) is 12.3. The normalized spacial score (nSPS) is 31.2. The van der Waals surface area contributed by atoms with Crippen LogP contribution in [0.3, 0.4) is 0 Å². The SMILES string of the molecule is O=C[C@@H]1CC(C(=O)O)C(=O)C(O)CC(=O)N1. The fourth-order valence-electron chi connectivity index (χ4n) is 1.52. The number of carboxylic acids is 1. The highest BCUT2D eigenvalue weighted by atomic mass is 16.4. The average Bonchev–Trinajstić information content (AvgIpc) is 2.20. The third-order valence-corrected chi connectivity index (χ3v) is 2.35. The number of nitrogens with one attached hydrogen (secondary N) is 1. The number of hydrogen-bond acceptors (Lipinski definition) is 5. The Morgan fingerprint density at radius 2 is 2.06 bits per heavy atom. The number of aldehydes is 1. The molecule has 0 aromatic heterocycles. The molecule has 7 nitrogen and oxygen atoms in total. The Hall–Kier alpha value is -1.76. The zero-order chi connectivity index (χ0) is 12.3. The lowest BCUT2D eigenvalue weighted by Crippen LogP contribution is -2.47. The Labute approximate surface area is 90.4 Å². The molecule has 1 fully saturated rings. The number of carboxylic acid groups (broad SMARTS) is 1. The van der Waals surface area contributed by atoms with Crippen LogP contribution in [0.2, 0.25) is 0 Å². The highest BCUT2D eigenvalue weighted by Gasteiger charge is 2.37. The lowest BCUT2D eigenvalue weighted by Gasteiger charge is -2.23. The van der Waals surface area contributed by atoms with E-state index in [9.17, 15) is 24.3 Å². The molecule has 3 atom stereocenters. The van der Waals surface area contributed by atoms with E-state index in [0.29, 0.717) is 6.29 Å². The van der Waals surface area contributed by atoms with Gasteiger partial charge >= 0.3 is 5.97 Å². The molecule has 0 aromatic carbocycles. The fourth-order valence-corrected chi connectivity index (χ4v) is 1.52. The maximum Gasteiger partial charge on any atom is 0.314 e. The van der Waals surface area contributed by atoms with Gasteiger partial charge in [-0.3, -0.25) is 14.4 Å². The lowest BCUT2D eigenvalue weighted by atomic mass is 9.90. The predicted molar refractivity (Wildman–Crippen MR) is 49.4 cm³/mol. The van der Waals surface area contributed by atoms with Crippen molar-refractivity contribution in [2.24, 2.45) is 5.92 Å². The molecular weight excluding hydrogens is 218 g/mol. The molecule has 0 radical (unpaired) electrons. The van der Waals surface area contributed by atoms with Crippen LogP contribution >= 0.6 is 0 Å². The summed E-state index contributed by atoms with van der Waals surface area (Å²) in [5.74, 6) is -4.46. The molecule has 16 heavy (non-hydrogen) atoms. The van der Waals surface area contributed by atoms with Crippen LogP contribution in [0.25, 0.3) is 0 Å². The van der Waals surface area contributed by atoms with Crippen molar-refractivity contribution in [1.29, 1.82) is 0 Å². The Bertz CT molecular complexity index is 335. The Morgan fingerprint density at radius 1 is 1.44 bits per heavy atom. The van der Waals surface area contributed by atoms with Gasteiger partial charge in [-0.15, -0.1) is 0 Å². The van der Waals surface area contributed by atoms with Crippen molar-refractivity contribution in [2.75, 3.05) is 0 Å². The molecule has 0 saturated carbocycles. The first-order valence-electron chi connectivity index (χ1n) is 4.65. The lowest BCUT2D eigenvalue weighted by molar-refractivity contribution is -0.152. The van der Waals surface area contributed by atoms with E-state index in [2.05, 4.69) is 5.32 Å². The summed E-state index contributed by atoms with van der Waals surface area (Å²) in [6.45, 7) is 0. The highest BCUT2D eigenvalue weighted by molar-refractivity contribution is 6.03. The third-order valence-electron chi connectivity index (χ3n) is 2.35. The molecule has 3 N–H and O–H groups in total. The van der Waals surface area contributed by atoms with Gasteiger partial charge in [-0.1, -0.05) is 0 Å². The van der Waals surface area contributed by atoms with Gasteiger partial charge in [0.1, 0.15) is 18.3 Å². The highest BCUT2D eigenvalue weighted by Crippen LogP contribution is 2.15. The molecule has 2 unspecified atom stereocenters. The van der Waals surface area contributed by atoms with Gasteiger partial charge in [0.05, 0.1) is 12.5 Å². The summed E-state index contributed by atoms with van der Waals surface area (Å²) < 4.78 is 0. The van der Waals surface area contributed by atoms with Gasteiger partial charge in [0, 0.05) is 0 Å². The third kappa shape index (κ3) is 2.63. The van der Waals surface area contributed by atoms with Gasteiger partial charge in [0.2, 0.25) is 5.91 Å². The van der Waals surface area contributed by atoms with Gasteiger partial charge < -0.3 is 20.3 Å². The van der Waals surface area contributed by atoms with E-state index < -0.39 is 42.1 Å². The fraction of sp³-hybridized carbons (Fsp3) is 0.556. The number of aliphatic hydroxyl groups is 1. The Kier molecular flexibility index (Phi) is 3.73. The van der Waals surface area contributed by atoms with Gasteiger partial charge in [-0.25, -0.2) is 0 Å². The molecule has 1 aliphatic heterocycles. The minimum absolute atomic E-state index is 0.333. The number of carbonyl (C=O) groups is 4. The van der Waals surface area contributed by atoms with E-state index in [1.54, 1.807) is 0 Å². The zero-order valence-corrected chi connectivity index (χ0v) is 8.25. The van der Waals surface area contributed by atoms with Crippen molar-refractivity contribution in [3.8, 4) is 0 Å². The summed E-state index contributed by atoms with van der Waals surface area (Å²) in [6.07, 6.45) is -2.11. The van der Waals surface area contributed by atoms with E-state index in [0.717, 1.165) is 0 Å². The average molecular weight is 229 g/mol. The van der Waals surface area contributed by atoms with Crippen LogP contribution in [0.15, 0.2) is 0 Å². The van der Waals surface area contributed by atoms with Crippen molar-refractivity contribution in [2.45, 2.75) is 25.0 Å². The Balaban J connectivity index is 2.92. The number of hydrogen-bond donors (Lipinski definition) is 3. The van der Waals surface area contributed by atoms with E-state index in [-0.39, 0.29) is 6.42 Å². The molecule has 7 heteroatoms. The minimum Gasteiger partial charge on any atom is -0.481 e. The first-order valence-corrected chi connectivity index (χ1v) is 4.65. The molecule has 1 amide bonds. The van der Waals surface area contributed by atoms with Crippen LogP contribution < -0.4 is 5.32 Å². The van der Waals surface area contributed by atoms with Crippen molar-refractivity contribution >= 4 is 23.9 Å².